The van der Waals surface area contributed by atoms with Crippen molar-refractivity contribution in [3.05, 3.63) is 22.2 Å². The Balaban J connectivity index is 3.01. The summed E-state index contributed by atoms with van der Waals surface area (Å²) in [5.41, 5.74) is -0.222. The number of aromatic amines is 1. The minimum absolute atomic E-state index is 0.216. The molecule has 0 saturated carbocycles. The number of aromatic nitrogens is 2. The molecule has 0 aliphatic rings. The van der Waals surface area contributed by atoms with Crippen LogP contribution in [0.25, 0.3) is 0 Å². The number of carbonyl (C=O) groups is 1. The van der Waals surface area contributed by atoms with Crippen molar-refractivity contribution in [1.82, 2.24) is 9.97 Å². The summed E-state index contributed by atoms with van der Waals surface area (Å²) >= 11 is 0. The number of nitrogens with zero attached hydrogens (tertiary/aromatic N) is 1. The molecule has 1 aromatic heterocycles. The van der Waals surface area contributed by atoms with E-state index in [-0.39, 0.29) is 6.42 Å². The van der Waals surface area contributed by atoms with E-state index in [1.165, 1.54) is 6.07 Å². The molecule has 0 atom stereocenters. The van der Waals surface area contributed by atoms with Gasteiger partial charge in [0.15, 0.2) is 0 Å². The lowest BCUT2D eigenvalue weighted by Gasteiger charge is -2.00. The van der Waals surface area contributed by atoms with Crippen molar-refractivity contribution < 1.29 is 9.90 Å². The van der Waals surface area contributed by atoms with E-state index in [4.69, 9.17) is 5.11 Å². The molecular weight excluding hydrogens is 174 g/mol. The lowest BCUT2D eigenvalue weighted by atomic mass is 10.3. The molecule has 0 bridgehead atoms. The van der Waals surface area contributed by atoms with Gasteiger partial charge in [0.2, 0.25) is 0 Å². The van der Waals surface area contributed by atoms with E-state index in [0.717, 1.165) is 0 Å². The summed E-state index contributed by atoms with van der Waals surface area (Å²) in [6, 6.07) is 1.48. The number of carboxylic acids is 1. The number of rotatable bonds is 3. The van der Waals surface area contributed by atoms with Gasteiger partial charge in [-0.15, -0.1) is 0 Å². The van der Waals surface area contributed by atoms with Crippen molar-refractivity contribution in [2.24, 2.45) is 0 Å². The average molecular weight is 183 g/mol. The highest BCUT2D eigenvalue weighted by molar-refractivity contribution is 5.69. The second-order valence-electron chi connectivity index (χ2n) is 2.42. The first-order valence-electron chi connectivity index (χ1n) is 3.61. The van der Waals surface area contributed by atoms with Gasteiger partial charge in [-0.1, -0.05) is 0 Å². The molecule has 0 aromatic carbocycles. The van der Waals surface area contributed by atoms with Gasteiger partial charge in [-0.25, -0.2) is 4.79 Å². The van der Waals surface area contributed by atoms with Gasteiger partial charge in [-0.2, -0.15) is 4.98 Å². The Morgan fingerprint density at radius 2 is 2.46 bits per heavy atom. The number of carboxylic acid groups (broad SMARTS) is 1. The van der Waals surface area contributed by atoms with Crippen LogP contribution in [0.2, 0.25) is 0 Å². The molecule has 70 valence electrons. The summed E-state index contributed by atoms with van der Waals surface area (Å²) < 4.78 is 0. The van der Waals surface area contributed by atoms with Crippen LogP contribution in [0.3, 0.4) is 0 Å². The van der Waals surface area contributed by atoms with Crippen LogP contribution in [0.4, 0.5) is 5.82 Å². The van der Waals surface area contributed by atoms with Crippen molar-refractivity contribution in [1.29, 1.82) is 0 Å². The molecule has 6 heteroatoms. The van der Waals surface area contributed by atoms with E-state index in [1.807, 2.05) is 0 Å². The molecule has 13 heavy (non-hydrogen) atoms. The van der Waals surface area contributed by atoms with Crippen molar-refractivity contribution in [2.45, 2.75) is 6.42 Å². The number of nitrogens with one attached hydrogen (secondary N) is 2. The average Bonchev–Trinajstić information content (AvgIpc) is 2.01. The summed E-state index contributed by atoms with van der Waals surface area (Å²) in [6.07, 6.45) is -0.216. The van der Waals surface area contributed by atoms with Gasteiger partial charge in [-0.05, 0) is 0 Å². The summed E-state index contributed by atoms with van der Waals surface area (Å²) in [7, 11) is 1.60. The third kappa shape index (κ3) is 2.58. The van der Waals surface area contributed by atoms with E-state index in [9.17, 15) is 9.59 Å². The molecule has 1 heterocycles. The molecule has 0 fully saturated rings. The minimum atomic E-state index is -0.996. The van der Waals surface area contributed by atoms with Crippen LogP contribution in [0.15, 0.2) is 10.9 Å². The van der Waals surface area contributed by atoms with Crippen molar-refractivity contribution in [3.8, 4) is 0 Å². The number of hydrogen-bond donors (Lipinski definition) is 3. The van der Waals surface area contributed by atoms with Crippen LogP contribution in [-0.4, -0.2) is 28.1 Å². The van der Waals surface area contributed by atoms with Crippen LogP contribution in [-0.2, 0) is 11.2 Å². The standard InChI is InChI=1S/C7H9N3O3/c1-8-5-2-4(3-6(11)12)9-7(13)10-5/h2H,3H2,1H3,(H,11,12)(H2,8,9,10,13). The van der Waals surface area contributed by atoms with Gasteiger partial charge in [0.1, 0.15) is 5.82 Å². The molecule has 1 rings (SSSR count). The highest BCUT2D eigenvalue weighted by Gasteiger charge is 2.03. The fourth-order valence-electron chi connectivity index (χ4n) is 0.894. The molecule has 1 aromatic rings. The third-order valence-corrected chi connectivity index (χ3v) is 1.40. The van der Waals surface area contributed by atoms with Crippen molar-refractivity contribution >= 4 is 11.8 Å². The maximum atomic E-state index is 10.9. The Labute approximate surface area is 73.6 Å². The zero-order valence-electron chi connectivity index (χ0n) is 7.00. The second kappa shape index (κ2) is 3.70. The summed E-state index contributed by atoms with van der Waals surface area (Å²) in [5, 5.41) is 11.1. The Hall–Kier alpha value is -1.85. The number of anilines is 1. The van der Waals surface area contributed by atoms with E-state index < -0.39 is 11.7 Å². The maximum Gasteiger partial charge on any atom is 0.347 e. The Bertz CT molecular complexity index is 371. The molecule has 0 amide bonds. The third-order valence-electron chi connectivity index (χ3n) is 1.40. The van der Waals surface area contributed by atoms with Gasteiger partial charge in [0.05, 0.1) is 6.42 Å². The first kappa shape index (κ1) is 9.24. The van der Waals surface area contributed by atoms with Crippen LogP contribution < -0.4 is 11.0 Å². The van der Waals surface area contributed by atoms with Gasteiger partial charge in [0, 0.05) is 18.8 Å². The highest BCUT2D eigenvalue weighted by atomic mass is 16.4. The van der Waals surface area contributed by atoms with E-state index >= 15 is 0 Å². The van der Waals surface area contributed by atoms with Crippen LogP contribution in [0, 0.1) is 0 Å². The van der Waals surface area contributed by atoms with Gasteiger partial charge >= 0.3 is 11.7 Å². The molecule has 0 unspecified atom stereocenters. The minimum Gasteiger partial charge on any atom is -0.481 e. The molecule has 0 spiro atoms. The zero-order valence-corrected chi connectivity index (χ0v) is 7.00. The molecule has 0 saturated heterocycles. The topological polar surface area (TPSA) is 95.1 Å². The van der Waals surface area contributed by atoms with Gasteiger partial charge in [-0.3, -0.25) is 4.79 Å². The lowest BCUT2D eigenvalue weighted by Crippen LogP contribution is -2.16. The smallest absolute Gasteiger partial charge is 0.347 e. The number of hydrogen-bond acceptors (Lipinski definition) is 4. The van der Waals surface area contributed by atoms with Crippen LogP contribution >= 0.6 is 0 Å². The summed E-state index contributed by atoms with van der Waals surface area (Å²) in [4.78, 5) is 27.0. The molecule has 0 aliphatic heterocycles. The van der Waals surface area contributed by atoms with E-state index in [2.05, 4.69) is 15.3 Å². The SMILES string of the molecule is CNc1cc(CC(=O)O)[nH]c(=O)n1. The molecule has 6 nitrogen and oxygen atoms in total. The lowest BCUT2D eigenvalue weighted by molar-refractivity contribution is -0.136. The van der Waals surface area contributed by atoms with Gasteiger partial charge in [0.25, 0.3) is 0 Å². The Morgan fingerprint density at radius 3 is 3.00 bits per heavy atom. The second-order valence-corrected chi connectivity index (χ2v) is 2.42. The van der Waals surface area contributed by atoms with Crippen LogP contribution in [0.5, 0.6) is 0 Å². The zero-order chi connectivity index (χ0) is 9.84. The maximum absolute atomic E-state index is 10.9. The largest absolute Gasteiger partial charge is 0.481 e. The van der Waals surface area contributed by atoms with Crippen LogP contribution in [0.1, 0.15) is 5.69 Å². The number of aliphatic carboxylic acids is 1. The molecule has 3 N–H and O–H groups in total. The van der Waals surface area contributed by atoms with Crippen molar-refractivity contribution in [3.63, 3.8) is 0 Å². The quantitative estimate of drug-likeness (QED) is 0.583. The molecule has 0 radical (unpaired) electrons. The predicted octanol–water partition coefficient (Wildman–Crippen LogP) is -0.561. The summed E-state index contributed by atoms with van der Waals surface area (Å²) in [5.74, 6) is -0.635. The molecular formula is C7H9N3O3. The highest BCUT2D eigenvalue weighted by Crippen LogP contribution is 2.00. The first-order valence-corrected chi connectivity index (χ1v) is 3.61. The fraction of sp³-hybridized carbons (Fsp3) is 0.286. The molecule has 0 aliphatic carbocycles. The Kier molecular flexibility index (Phi) is 2.63. The Morgan fingerprint density at radius 1 is 1.77 bits per heavy atom. The normalized spacial score (nSPS) is 9.62. The predicted molar refractivity (Wildman–Crippen MR) is 45.7 cm³/mol. The fourth-order valence-corrected chi connectivity index (χ4v) is 0.894. The first-order chi connectivity index (χ1) is 6.11. The monoisotopic (exact) mass is 183 g/mol. The van der Waals surface area contributed by atoms with Gasteiger partial charge < -0.3 is 15.4 Å². The number of H-pyrrole nitrogens is 1. The van der Waals surface area contributed by atoms with E-state index in [0.29, 0.717) is 11.5 Å². The summed E-state index contributed by atoms with van der Waals surface area (Å²) in [6.45, 7) is 0. The van der Waals surface area contributed by atoms with Crippen molar-refractivity contribution in [2.75, 3.05) is 12.4 Å². The van der Waals surface area contributed by atoms with E-state index in [1.54, 1.807) is 7.05 Å².